The Morgan fingerprint density at radius 1 is 1.40 bits per heavy atom. The number of hydrogen-bond acceptors (Lipinski definition) is 4. The average Bonchev–Trinajstić information content (AvgIpc) is 3.23. The van der Waals surface area contributed by atoms with E-state index in [1.54, 1.807) is 6.92 Å². The van der Waals surface area contributed by atoms with Gasteiger partial charge in [-0.2, -0.15) is 18.3 Å². The Hall–Kier alpha value is -2.54. The molecule has 8 nitrogen and oxygen atoms in total. The Labute approximate surface area is 170 Å². The quantitative estimate of drug-likeness (QED) is 0.699. The molecule has 13 heteroatoms. The summed E-state index contributed by atoms with van der Waals surface area (Å²) in [6.07, 6.45) is -3.09. The van der Waals surface area contributed by atoms with Crippen LogP contribution in [0.25, 0.3) is 0 Å². The van der Waals surface area contributed by atoms with E-state index >= 15 is 0 Å². The summed E-state index contributed by atoms with van der Waals surface area (Å²) in [4.78, 5) is 16.5. The summed E-state index contributed by atoms with van der Waals surface area (Å²) in [6, 6.07) is -1.17. The van der Waals surface area contributed by atoms with Crippen LogP contribution >= 0.6 is 0 Å². The number of nitrogens with two attached hydrogens (primary N) is 1. The van der Waals surface area contributed by atoms with Crippen molar-refractivity contribution in [2.75, 3.05) is 5.32 Å². The topological polar surface area (TPSA) is 115 Å². The maximum absolute atomic E-state index is 14.0. The maximum Gasteiger partial charge on any atom is 0.394 e. The molecule has 1 atom stereocenters. The molecule has 2 aromatic rings. The molecular formula is C17H20F4N6O2S. The first kappa shape index (κ1) is 22.2. The summed E-state index contributed by atoms with van der Waals surface area (Å²) in [5.74, 6) is -0.977. The number of pyridine rings is 1. The lowest BCUT2D eigenvalue weighted by Gasteiger charge is -2.17. The lowest BCUT2D eigenvalue weighted by Crippen LogP contribution is -2.21. The Morgan fingerprint density at radius 3 is 2.70 bits per heavy atom. The summed E-state index contributed by atoms with van der Waals surface area (Å²) in [5, 5.41) is 11.0. The van der Waals surface area contributed by atoms with Crippen LogP contribution in [-0.2, 0) is 35.7 Å². The van der Waals surface area contributed by atoms with Crippen molar-refractivity contribution in [3.63, 3.8) is 0 Å². The van der Waals surface area contributed by atoms with E-state index in [-0.39, 0.29) is 23.5 Å². The minimum atomic E-state index is -4.47. The van der Waals surface area contributed by atoms with Gasteiger partial charge in [-0.1, -0.05) is 0 Å². The van der Waals surface area contributed by atoms with E-state index in [0.29, 0.717) is 30.5 Å². The van der Waals surface area contributed by atoms with Gasteiger partial charge in [0.1, 0.15) is 0 Å². The molecule has 30 heavy (non-hydrogen) atoms. The molecule has 0 aromatic carbocycles. The molecule has 1 aliphatic rings. The molecule has 3 rings (SSSR count). The third-order valence-corrected chi connectivity index (χ3v) is 5.94. The predicted molar refractivity (Wildman–Crippen MR) is 101 cm³/mol. The third kappa shape index (κ3) is 4.61. The van der Waals surface area contributed by atoms with Crippen LogP contribution in [0.5, 0.6) is 0 Å². The van der Waals surface area contributed by atoms with E-state index in [0.717, 1.165) is 10.9 Å². The summed E-state index contributed by atoms with van der Waals surface area (Å²) >= 11 is 0. The van der Waals surface area contributed by atoms with E-state index in [9.17, 15) is 26.6 Å². The monoisotopic (exact) mass is 448 g/mol. The summed E-state index contributed by atoms with van der Waals surface area (Å²) in [5.41, 5.74) is 1.14. The second-order valence-electron chi connectivity index (χ2n) is 6.86. The first-order valence-electron chi connectivity index (χ1n) is 9.08. The van der Waals surface area contributed by atoms with Crippen molar-refractivity contribution in [1.29, 1.82) is 0 Å². The van der Waals surface area contributed by atoms with E-state index in [4.69, 9.17) is 5.14 Å². The number of aryl methyl sites for hydroxylation is 2. The minimum Gasteiger partial charge on any atom is -0.305 e. The van der Waals surface area contributed by atoms with Gasteiger partial charge in [0.15, 0.2) is 15.7 Å². The van der Waals surface area contributed by atoms with Crippen LogP contribution < -0.4 is 10.5 Å². The first-order valence-corrected chi connectivity index (χ1v) is 10.7. The molecule has 0 fully saturated rings. The normalized spacial score (nSPS) is 15.6. The van der Waals surface area contributed by atoms with E-state index in [2.05, 4.69) is 19.8 Å². The summed E-state index contributed by atoms with van der Waals surface area (Å²) in [7, 11) is -4.01. The predicted octanol–water partition coefficient (Wildman–Crippen LogP) is 3.27. The number of rotatable bonds is 4. The van der Waals surface area contributed by atoms with E-state index in [1.807, 2.05) is 0 Å². The molecule has 0 radical (unpaired) electrons. The zero-order valence-electron chi connectivity index (χ0n) is 16.2. The number of fused-ring (bicyclic) bond motifs is 1. The van der Waals surface area contributed by atoms with Gasteiger partial charge in [-0.3, -0.25) is 9.67 Å². The number of amides is 2. The first-order chi connectivity index (χ1) is 13.9. The number of hydrogen-bond donors (Lipinski definition) is 2. The highest BCUT2D eigenvalue weighted by Gasteiger charge is 2.32. The van der Waals surface area contributed by atoms with E-state index in [1.165, 1.54) is 6.92 Å². The van der Waals surface area contributed by atoms with Gasteiger partial charge in [0, 0.05) is 12.2 Å². The number of urea groups is 1. The molecule has 2 aromatic heterocycles. The lowest BCUT2D eigenvalue weighted by molar-refractivity contribution is -0.127. The number of alkyl halides is 3. The number of nitrogens with one attached hydrogen (secondary N) is 1. The molecule has 1 aliphatic carbocycles. The van der Waals surface area contributed by atoms with Crippen molar-refractivity contribution in [2.45, 2.75) is 57.3 Å². The van der Waals surface area contributed by atoms with Crippen molar-refractivity contribution in [3.05, 3.63) is 34.5 Å². The number of nitrogens with zero attached hydrogens (tertiary/aromatic N) is 4. The summed E-state index contributed by atoms with van der Waals surface area (Å²) < 4.78 is 69.8. The number of carbonyl (C=O) groups excluding carboxylic acids is 1. The van der Waals surface area contributed by atoms with Crippen LogP contribution in [-0.4, -0.2) is 31.2 Å². The number of carbonyl (C=O) groups is 1. The molecule has 0 saturated carbocycles. The molecule has 0 saturated heterocycles. The highest BCUT2D eigenvalue weighted by molar-refractivity contribution is 7.91. The second-order valence-corrected chi connectivity index (χ2v) is 8.56. The van der Waals surface area contributed by atoms with Crippen LogP contribution in [0.2, 0.25) is 0 Å². The van der Waals surface area contributed by atoms with Crippen molar-refractivity contribution in [3.8, 4) is 0 Å². The number of halogens is 4. The van der Waals surface area contributed by atoms with Crippen LogP contribution in [0.4, 0.5) is 28.0 Å². The number of anilines is 1. The van der Waals surface area contributed by atoms with Crippen LogP contribution in [0.3, 0.4) is 0 Å². The fraction of sp³-hybridized carbons (Fsp3) is 0.471. The largest absolute Gasteiger partial charge is 0.394 e. The van der Waals surface area contributed by atoms with Gasteiger partial charge < -0.3 is 5.32 Å². The molecule has 3 N–H and O–H groups in total. The highest BCUT2D eigenvalue weighted by atomic mass is 32.2. The molecule has 0 spiro atoms. The van der Waals surface area contributed by atoms with Crippen LogP contribution in [0.15, 0.2) is 15.6 Å². The zero-order chi connectivity index (χ0) is 22.3. The minimum absolute atomic E-state index is 0.139. The Kier molecular flexibility index (Phi) is 5.87. The van der Waals surface area contributed by atoms with Gasteiger partial charge in [-0.15, -0.1) is 4.36 Å². The average molecular weight is 448 g/mol. The fourth-order valence-corrected chi connectivity index (χ4v) is 4.24. The number of aromatic nitrogens is 3. The fourth-order valence-electron chi connectivity index (χ4n) is 3.30. The van der Waals surface area contributed by atoms with Gasteiger partial charge >= 0.3 is 12.2 Å². The van der Waals surface area contributed by atoms with Crippen LogP contribution in [0.1, 0.15) is 35.9 Å². The zero-order valence-corrected chi connectivity index (χ0v) is 17.0. The highest BCUT2D eigenvalue weighted by Crippen LogP contribution is 2.34. The van der Waals surface area contributed by atoms with Crippen LogP contribution in [0, 0.1) is 12.7 Å². The molecule has 0 aliphatic heterocycles. The van der Waals surface area contributed by atoms with Gasteiger partial charge in [0.25, 0.3) is 0 Å². The van der Waals surface area contributed by atoms with Crippen molar-refractivity contribution in [2.24, 2.45) is 9.50 Å². The third-order valence-electron chi connectivity index (χ3n) is 4.67. The van der Waals surface area contributed by atoms with Gasteiger partial charge in [0.05, 0.1) is 24.0 Å². The smallest absolute Gasteiger partial charge is 0.305 e. The molecule has 164 valence electrons. The van der Waals surface area contributed by atoms with Gasteiger partial charge in [0.2, 0.25) is 5.03 Å². The summed E-state index contributed by atoms with van der Waals surface area (Å²) in [6.45, 7) is 3.36. The molecule has 2 heterocycles. The van der Waals surface area contributed by atoms with Crippen molar-refractivity contribution < 1.29 is 26.6 Å². The lowest BCUT2D eigenvalue weighted by atomic mass is 10.0. The van der Waals surface area contributed by atoms with Gasteiger partial charge in [-0.25, -0.2) is 18.5 Å². The SMILES string of the molecule is CCn1cc(F)c([S@@](N)(=O)=NC(=O)Nc2c(C)c(CC(F)(F)F)nc3c2CCC3)n1. The second kappa shape index (κ2) is 7.95. The Balaban J connectivity index is 1.97. The standard InChI is InChI=1S/C17H20F4N6O2S/c1-3-27-8-11(18)15(25-27)30(22,29)26-16(28)24-14-9(2)13(7-17(19,20)21)23-12-6-4-5-10(12)14/h8H,3-7H2,1-2H3,(H3,22,23,24,26,28,29)/t30-/m0/s1. The maximum atomic E-state index is 14.0. The Bertz CT molecular complexity index is 1120. The molecule has 0 bridgehead atoms. The molecule has 2 amide bonds. The molecular weight excluding hydrogens is 428 g/mol. The van der Waals surface area contributed by atoms with Crippen molar-refractivity contribution >= 4 is 21.6 Å². The molecule has 0 unspecified atom stereocenters. The van der Waals surface area contributed by atoms with Crippen molar-refractivity contribution in [1.82, 2.24) is 14.8 Å². The van der Waals surface area contributed by atoms with E-state index < -0.39 is 39.4 Å². The Morgan fingerprint density at radius 2 is 2.10 bits per heavy atom. The van der Waals surface area contributed by atoms with Gasteiger partial charge in [-0.05, 0) is 44.2 Å².